The van der Waals surface area contributed by atoms with Gasteiger partial charge in [0.15, 0.2) is 5.13 Å². The third kappa shape index (κ3) is 3.03. The number of nitrogens with one attached hydrogen (secondary N) is 1. The molecule has 0 bridgehead atoms. The van der Waals surface area contributed by atoms with Gasteiger partial charge in [0.1, 0.15) is 0 Å². The van der Waals surface area contributed by atoms with Gasteiger partial charge < -0.3 is 5.32 Å². The summed E-state index contributed by atoms with van der Waals surface area (Å²) in [6.45, 7) is 6.52. The van der Waals surface area contributed by atoms with Crippen molar-refractivity contribution in [3.05, 3.63) is 77.4 Å². The molecule has 0 amide bonds. The van der Waals surface area contributed by atoms with Crippen LogP contribution >= 0.6 is 11.3 Å². The Balaban J connectivity index is 1.84. The number of aryl methyl sites for hydroxylation is 3. The van der Waals surface area contributed by atoms with Crippen LogP contribution in [-0.4, -0.2) is 4.98 Å². The molecule has 0 spiro atoms. The molecule has 0 aliphatic heterocycles. The molecular formula is C22H20N2S. The fourth-order valence-electron chi connectivity index (χ4n) is 3.45. The molecule has 0 unspecified atom stereocenters. The standard InChI is InChI=1S/C22H20N2S/c1-14-12-15(2)20(16(3)13-14)18-10-7-11-19-21(18)24-22(25-19)23-17-8-5-4-6-9-17/h4-13H,1-3H3,(H,23,24). The lowest BCUT2D eigenvalue weighted by Gasteiger charge is -2.12. The van der Waals surface area contributed by atoms with E-state index in [-0.39, 0.29) is 0 Å². The molecule has 2 nitrogen and oxygen atoms in total. The topological polar surface area (TPSA) is 24.9 Å². The molecule has 0 saturated heterocycles. The Labute approximate surface area is 152 Å². The Hall–Kier alpha value is -2.65. The monoisotopic (exact) mass is 344 g/mol. The minimum Gasteiger partial charge on any atom is -0.332 e. The van der Waals surface area contributed by atoms with E-state index in [1.165, 1.54) is 32.5 Å². The number of aromatic nitrogens is 1. The van der Waals surface area contributed by atoms with E-state index in [0.29, 0.717) is 0 Å². The highest BCUT2D eigenvalue weighted by Crippen LogP contribution is 2.37. The minimum absolute atomic E-state index is 0.927. The molecule has 4 rings (SSSR count). The summed E-state index contributed by atoms with van der Waals surface area (Å²) < 4.78 is 1.20. The Kier molecular flexibility index (Phi) is 4.02. The molecule has 1 N–H and O–H groups in total. The second kappa shape index (κ2) is 6.34. The van der Waals surface area contributed by atoms with Crippen molar-refractivity contribution in [2.45, 2.75) is 20.8 Å². The van der Waals surface area contributed by atoms with Gasteiger partial charge in [-0.25, -0.2) is 4.98 Å². The number of para-hydroxylation sites is 2. The van der Waals surface area contributed by atoms with E-state index in [4.69, 9.17) is 4.98 Å². The van der Waals surface area contributed by atoms with E-state index >= 15 is 0 Å². The summed E-state index contributed by atoms with van der Waals surface area (Å²) in [5, 5.41) is 4.34. The van der Waals surface area contributed by atoms with Gasteiger partial charge in [0.25, 0.3) is 0 Å². The van der Waals surface area contributed by atoms with Gasteiger partial charge in [0, 0.05) is 11.3 Å². The molecule has 25 heavy (non-hydrogen) atoms. The van der Waals surface area contributed by atoms with E-state index in [1.807, 2.05) is 18.2 Å². The number of fused-ring (bicyclic) bond motifs is 1. The molecule has 0 saturated carbocycles. The summed E-state index contributed by atoms with van der Waals surface area (Å²) in [5.74, 6) is 0. The van der Waals surface area contributed by atoms with E-state index in [2.05, 4.69) is 68.6 Å². The molecule has 0 aliphatic rings. The number of anilines is 2. The number of benzene rings is 3. The number of rotatable bonds is 3. The maximum Gasteiger partial charge on any atom is 0.188 e. The SMILES string of the molecule is Cc1cc(C)c(-c2cccc3sc(Nc4ccccc4)nc23)c(C)c1. The molecule has 4 aromatic rings. The zero-order chi connectivity index (χ0) is 17.4. The van der Waals surface area contributed by atoms with Gasteiger partial charge >= 0.3 is 0 Å². The zero-order valence-electron chi connectivity index (χ0n) is 14.6. The molecule has 0 aliphatic carbocycles. The first-order valence-electron chi connectivity index (χ1n) is 8.41. The van der Waals surface area contributed by atoms with Crippen molar-refractivity contribution in [1.29, 1.82) is 0 Å². The Morgan fingerprint density at radius 2 is 1.56 bits per heavy atom. The minimum atomic E-state index is 0.927. The van der Waals surface area contributed by atoms with Crippen molar-refractivity contribution in [2.24, 2.45) is 0 Å². The van der Waals surface area contributed by atoms with Crippen molar-refractivity contribution >= 4 is 32.4 Å². The number of hydrogen-bond acceptors (Lipinski definition) is 3. The Bertz CT molecular complexity index is 1030. The van der Waals surface area contributed by atoms with E-state index in [1.54, 1.807) is 11.3 Å². The molecule has 0 fully saturated rings. The van der Waals surface area contributed by atoms with Crippen LogP contribution in [0.3, 0.4) is 0 Å². The molecule has 3 aromatic carbocycles. The number of nitrogens with zero attached hydrogens (tertiary/aromatic N) is 1. The van der Waals surface area contributed by atoms with E-state index < -0.39 is 0 Å². The fourth-order valence-corrected chi connectivity index (χ4v) is 4.37. The average molecular weight is 344 g/mol. The van der Waals surface area contributed by atoms with Crippen LogP contribution in [0.5, 0.6) is 0 Å². The summed E-state index contributed by atoms with van der Waals surface area (Å²) >= 11 is 1.69. The third-order valence-electron chi connectivity index (χ3n) is 4.39. The van der Waals surface area contributed by atoms with Crippen LogP contribution in [0.2, 0.25) is 0 Å². The van der Waals surface area contributed by atoms with Crippen LogP contribution in [0.15, 0.2) is 60.7 Å². The maximum atomic E-state index is 4.90. The van der Waals surface area contributed by atoms with Crippen LogP contribution in [0, 0.1) is 20.8 Å². The largest absolute Gasteiger partial charge is 0.332 e. The normalized spacial score (nSPS) is 11.0. The molecule has 0 radical (unpaired) electrons. The summed E-state index contributed by atoms with van der Waals surface area (Å²) in [6.07, 6.45) is 0. The van der Waals surface area contributed by atoms with Gasteiger partial charge in [-0.2, -0.15) is 0 Å². The lowest BCUT2D eigenvalue weighted by Crippen LogP contribution is -1.92. The zero-order valence-corrected chi connectivity index (χ0v) is 15.4. The average Bonchev–Trinajstić information content (AvgIpc) is 2.98. The quantitative estimate of drug-likeness (QED) is 0.451. The number of hydrogen-bond donors (Lipinski definition) is 1. The van der Waals surface area contributed by atoms with Crippen LogP contribution in [-0.2, 0) is 0 Å². The Morgan fingerprint density at radius 1 is 0.840 bits per heavy atom. The van der Waals surface area contributed by atoms with Crippen molar-refractivity contribution in [3.63, 3.8) is 0 Å². The lowest BCUT2D eigenvalue weighted by atomic mass is 9.93. The second-order valence-corrected chi connectivity index (χ2v) is 7.47. The van der Waals surface area contributed by atoms with Gasteiger partial charge in [-0.05, 0) is 55.7 Å². The van der Waals surface area contributed by atoms with E-state index in [9.17, 15) is 0 Å². The number of thiazole rings is 1. The molecule has 3 heteroatoms. The lowest BCUT2D eigenvalue weighted by molar-refractivity contribution is 1.32. The van der Waals surface area contributed by atoms with Gasteiger partial charge in [0.05, 0.1) is 10.2 Å². The fraction of sp³-hybridized carbons (Fsp3) is 0.136. The van der Waals surface area contributed by atoms with Crippen molar-refractivity contribution in [1.82, 2.24) is 4.98 Å². The van der Waals surface area contributed by atoms with Gasteiger partial charge in [0.2, 0.25) is 0 Å². The van der Waals surface area contributed by atoms with Crippen LogP contribution < -0.4 is 5.32 Å². The molecular weight excluding hydrogens is 324 g/mol. The van der Waals surface area contributed by atoms with Crippen LogP contribution in [0.1, 0.15) is 16.7 Å². The van der Waals surface area contributed by atoms with Crippen LogP contribution in [0.4, 0.5) is 10.8 Å². The highest BCUT2D eigenvalue weighted by molar-refractivity contribution is 7.22. The predicted molar refractivity (Wildman–Crippen MR) is 109 cm³/mol. The maximum absolute atomic E-state index is 4.90. The first-order valence-corrected chi connectivity index (χ1v) is 9.23. The van der Waals surface area contributed by atoms with Gasteiger partial charge in [-0.1, -0.05) is 59.4 Å². The predicted octanol–water partition coefficient (Wildman–Crippen LogP) is 6.63. The van der Waals surface area contributed by atoms with Crippen LogP contribution in [0.25, 0.3) is 21.3 Å². The molecule has 1 aromatic heterocycles. The summed E-state index contributed by atoms with van der Waals surface area (Å²) in [6, 6.07) is 21.1. The van der Waals surface area contributed by atoms with Crippen molar-refractivity contribution in [2.75, 3.05) is 5.32 Å². The van der Waals surface area contributed by atoms with Gasteiger partial charge in [-0.3, -0.25) is 0 Å². The highest BCUT2D eigenvalue weighted by atomic mass is 32.1. The Morgan fingerprint density at radius 3 is 2.28 bits per heavy atom. The summed E-state index contributed by atoms with van der Waals surface area (Å²) in [5.41, 5.74) is 8.55. The molecule has 0 atom stereocenters. The van der Waals surface area contributed by atoms with Crippen molar-refractivity contribution < 1.29 is 0 Å². The molecule has 1 heterocycles. The van der Waals surface area contributed by atoms with Gasteiger partial charge in [-0.15, -0.1) is 0 Å². The summed E-state index contributed by atoms with van der Waals surface area (Å²) in [7, 11) is 0. The first kappa shape index (κ1) is 15.9. The smallest absolute Gasteiger partial charge is 0.188 e. The van der Waals surface area contributed by atoms with E-state index in [0.717, 1.165) is 16.3 Å². The van der Waals surface area contributed by atoms with Crippen molar-refractivity contribution in [3.8, 4) is 11.1 Å². The molecule has 124 valence electrons. The summed E-state index contributed by atoms with van der Waals surface area (Å²) in [4.78, 5) is 4.90. The second-order valence-electron chi connectivity index (χ2n) is 6.44. The third-order valence-corrected chi connectivity index (χ3v) is 5.33. The highest BCUT2D eigenvalue weighted by Gasteiger charge is 2.13. The first-order chi connectivity index (χ1) is 12.1.